The topological polar surface area (TPSA) is 85.1 Å². The molecule has 0 aromatic carbocycles. The van der Waals surface area contributed by atoms with Crippen molar-refractivity contribution in [1.29, 1.82) is 0 Å². The Morgan fingerprint density at radius 3 is 2.65 bits per heavy atom. The van der Waals surface area contributed by atoms with Crippen LogP contribution >= 0.6 is 0 Å². The highest BCUT2D eigenvalue weighted by molar-refractivity contribution is 7.89. The Balaban J connectivity index is 2.28. The summed E-state index contributed by atoms with van der Waals surface area (Å²) in [6, 6.07) is 1.48. The van der Waals surface area contributed by atoms with Gasteiger partial charge in [-0.2, -0.15) is 0 Å². The lowest BCUT2D eigenvalue weighted by Crippen LogP contribution is -2.45. The zero-order valence-corrected chi connectivity index (χ0v) is 10.8. The first kappa shape index (κ1) is 12.3. The highest BCUT2D eigenvalue weighted by atomic mass is 32.2. The molecule has 0 bridgehead atoms. The van der Waals surface area contributed by atoms with Gasteiger partial charge in [-0.25, -0.2) is 13.1 Å². The molecule has 0 radical (unpaired) electrons. The van der Waals surface area contributed by atoms with Crippen molar-refractivity contribution >= 4 is 15.7 Å². The normalized spacial score (nSPS) is 17.1. The number of sulfonamides is 1. The molecule has 1 aliphatic carbocycles. The minimum absolute atomic E-state index is 0.0497. The van der Waals surface area contributed by atoms with E-state index in [-0.39, 0.29) is 10.6 Å². The predicted octanol–water partition coefficient (Wildman–Crippen LogP) is 1.13. The minimum Gasteiger partial charge on any atom is -0.398 e. The zero-order valence-electron chi connectivity index (χ0n) is 9.97. The monoisotopic (exact) mass is 255 g/mol. The Morgan fingerprint density at radius 2 is 2.12 bits per heavy atom. The number of nitrogens with zero attached hydrogens (tertiary/aromatic N) is 1. The van der Waals surface area contributed by atoms with E-state index < -0.39 is 15.6 Å². The summed E-state index contributed by atoms with van der Waals surface area (Å²) in [4.78, 5) is 3.85. The van der Waals surface area contributed by atoms with Gasteiger partial charge in [-0.05, 0) is 38.7 Å². The Morgan fingerprint density at radius 1 is 1.47 bits per heavy atom. The first-order valence-electron chi connectivity index (χ1n) is 5.56. The van der Waals surface area contributed by atoms with Gasteiger partial charge in [-0.3, -0.25) is 4.98 Å². The third-order valence-electron chi connectivity index (χ3n) is 3.10. The SMILES string of the molecule is CC(C)(NS(=O)(=O)c1cnccc1N)C1CC1. The number of nitrogen functional groups attached to an aromatic ring is 1. The van der Waals surface area contributed by atoms with Crippen molar-refractivity contribution in [3.05, 3.63) is 18.5 Å². The number of rotatable bonds is 4. The maximum atomic E-state index is 12.2. The molecule has 17 heavy (non-hydrogen) atoms. The summed E-state index contributed by atoms with van der Waals surface area (Å²) in [6.07, 6.45) is 4.89. The molecule has 2 rings (SSSR count). The summed E-state index contributed by atoms with van der Waals surface area (Å²) in [5.74, 6) is 0.412. The van der Waals surface area contributed by atoms with Crippen LogP contribution in [-0.4, -0.2) is 18.9 Å². The van der Waals surface area contributed by atoms with Gasteiger partial charge < -0.3 is 5.73 Å². The van der Waals surface area contributed by atoms with Crippen LogP contribution in [0.2, 0.25) is 0 Å². The second-order valence-corrected chi connectivity index (χ2v) is 6.67. The summed E-state index contributed by atoms with van der Waals surface area (Å²) >= 11 is 0. The number of hydrogen-bond acceptors (Lipinski definition) is 4. The average Bonchev–Trinajstić information content (AvgIpc) is 2.99. The Kier molecular flexibility index (Phi) is 2.87. The predicted molar refractivity (Wildman–Crippen MR) is 65.8 cm³/mol. The molecular formula is C11H17N3O2S. The van der Waals surface area contributed by atoms with Gasteiger partial charge >= 0.3 is 0 Å². The third-order valence-corrected chi connectivity index (χ3v) is 4.82. The highest BCUT2D eigenvalue weighted by Crippen LogP contribution is 2.40. The second kappa shape index (κ2) is 3.96. The van der Waals surface area contributed by atoms with E-state index >= 15 is 0 Å². The van der Waals surface area contributed by atoms with Gasteiger partial charge in [0.1, 0.15) is 4.90 Å². The number of nitrogens with one attached hydrogen (secondary N) is 1. The van der Waals surface area contributed by atoms with Crippen molar-refractivity contribution in [1.82, 2.24) is 9.71 Å². The molecule has 1 aromatic heterocycles. The van der Waals surface area contributed by atoms with Gasteiger partial charge in [0, 0.05) is 17.9 Å². The quantitative estimate of drug-likeness (QED) is 0.844. The van der Waals surface area contributed by atoms with Crippen LogP contribution in [0, 0.1) is 5.92 Å². The summed E-state index contributed by atoms with van der Waals surface area (Å²) < 4.78 is 27.0. The molecule has 1 fully saturated rings. The molecule has 1 heterocycles. The third kappa shape index (κ3) is 2.58. The summed E-state index contributed by atoms with van der Waals surface area (Å²) in [5, 5.41) is 0. The van der Waals surface area contributed by atoms with Crippen LogP contribution in [0.15, 0.2) is 23.4 Å². The molecule has 0 spiro atoms. The standard InChI is InChI=1S/C11H17N3O2S/c1-11(2,8-3-4-8)14-17(15,16)10-7-13-6-5-9(10)12/h5-8,14H,3-4H2,1-2H3,(H2,12,13). The number of anilines is 1. The largest absolute Gasteiger partial charge is 0.398 e. The van der Waals surface area contributed by atoms with Gasteiger partial charge in [0.15, 0.2) is 0 Å². The van der Waals surface area contributed by atoms with Crippen molar-refractivity contribution in [3.63, 3.8) is 0 Å². The van der Waals surface area contributed by atoms with E-state index in [1.165, 1.54) is 18.5 Å². The maximum Gasteiger partial charge on any atom is 0.244 e. The summed E-state index contributed by atoms with van der Waals surface area (Å²) in [7, 11) is -3.59. The molecule has 3 N–H and O–H groups in total. The molecule has 94 valence electrons. The molecule has 0 aliphatic heterocycles. The number of nitrogens with two attached hydrogens (primary N) is 1. The van der Waals surface area contributed by atoms with Gasteiger partial charge in [0.2, 0.25) is 10.0 Å². The second-order valence-electron chi connectivity index (χ2n) is 5.01. The van der Waals surface area contributed by atoms with Crippen molar-refractivity contribution < 1.29 is 8.42 Å². The Hall–Kier alpha value is -1.14. The average molecular weight is 255 g/mol. The first-order valence-corrected chi connectivity index (χ1v) is 7.05. The van der Waals surface area contributed by atoms with Crippen molar-refractivity contribution in [3.8, 4) is 0 Å². The van der Waals surface area contributed by atoms with E-state index in [9.17, 15) is 8.42 Å². The highest BCUT2D eigenvalue weighted by Gasteiger charge is 2.40. The lowest BCUT2D eigenvalue weighted by Gasteiger charge is -2.25. The van der Waals surface area contributed by atoms with Crippen molar-refractivity contribution in [2.24, 2.45) is 5.92 Å². The fraction of sp³-hybridized carbons (Fsp3) is 0.545. The molecular weight excluding hydrogens is 238 g/mol. The molecule has 1 aliphatic rings. The van der Waals surface area contributed by atoms with E-state index in [1.54, 1.807) is 0 Å². The molecule has 0 unspecified atom stereocenters. The van der Waals surface area contributed by atoms with Gasteiger partial charge in [-0.1, -0.05) is 0 Å². The number of aromatic nitrogens is 1. The molecule has 0 amide bonds. The fourth-order valence-corrected chi connectivity index (χ4v) is 3.45. The van der Waals surface area contributed by atoms with Crippen LogP contribution < -0.4 is 10.5 Å². The number of pyridine rings is 1. The van der Waals surface area contributed by atoms with Crippen LogP contribution in [-0.2, 0) is 10.0 Å². The minimum atomic E-state index is -3.59. The lowest BCUT2D eigenvalue weighted by molar-refractivity contribution is 0.400. The number of hydrogen-bond donors (Lipinski definition) is 2. The molecule has 0 atom stereocenters. The maximum absolute atomic E-state index is 12.2. The molecule has 6 heteroatoms. The lowest BCUT2D eigenvalue weighted by atomic mass is 10.0. The molecule has 1 aromatic rings. The molecule has 1 saturated carbocycles. The Bertz CT molecular complexity index is 521. The van der Waals surface area contributed by atoms with Crippen LogP contribution in [0.25, 0.3) is 0 Å². The van der Waals surface area contributed by atoms with Gasteiger partial charge in [0.25, 0.3) is 0 Å². The summed E-state index contributed by atoms with van der Waals surface area (Å²) in [6.45, 7) is 3.80. The van der Waals surface area contributed by atoms with E-state index in [4.69, 9.17) is 5.73 Å². The van der Waals surface area contributed by atoms with Gasteiger partial charge in [0.05, 0.1) is 5.69 Å². The van der Waals surface area contributed by atoms with Crippen molar-refractivity contribution in [2.45, 2.75) is 37.1 Å². The molecule has 5 nitrogen and oxygen atoms in total. The van der Waals surface area contributed by atoms with E-state index in [2.05, 4.69) is 9.71 Å². The molecule has 0 saturated heterocycles. The van der Waals surface area contributed by atoms with Crippen LogP contribution in [0.5, 0.6) is 0 Å². The van der Waals surface area contributed by atoms with Crippen LogP contribution in [0.1, 0.15) is 26.7 Å². The van der Waals surface area contributed by atoms with E-state index in [0.29, 0.717) is 5.92 Å². The smallest absolute Gasteiger partial charge is 0.244 e. The fourth-order valence-electron chi connectivity index (χ4n) is 1.90. The van der Waals surface area contributed by atoms with Gasteiger partial charge in [-0.15, -0.1) is 0 Å². The first-order chi connectivity index (χ1) is 7.83. The van der Waals surface area contributed by atoms with Crippen molar-refractivity contribution in [2.75, 3.05) is 5.73 Å². The van der Waals surface area contributed by atoms with Crippen LogP contribution in [0.4, 0.5) is 5.69 Å². The van der Waals surface area contributed by atoms with E-state index in [1.807, 2.05) is 13.8 Å². The summed E-state index contributed by atoms with van der Waals surface area (Å²) in [5.41, 5.74) is 5.45. The van der Waals surface area contributed by atoms with E-state index in [0.717, 1.165) is 12.8 Å². The Labute approximate surface area is 101 Å². The van der Waals surface area contributed by atoms with Crippen LogP contribution in [0.3, 0.4) is 0 Å². The zero-order chi connectivity index (χ0) is 12.7.